The highest BCUT2D eigenvalue weighted by Crippen LogP contribution is 2.32. The lowest BCUT2D eigenvalue weighted by Crippen LogP contribution is -2.24. The molecule has 0 saturated carbocycles. The highest BCUT2D eigenvalue weighted by atomic mass is 32.1. The molecule has 2 aromatic heterocycles. The van der Waals surface area contributed by atoms with Gasteiger partial charge < -0.3 is 9.42 Å². The minimum atomic E-state index is -0.721. The van der Waals surface area contributed by atoms with Gasteiger partial charge in [-0.2, -0.15) is 4.98 Å². The van der Waals surface area contributed by atoms with Gasteiger partial charge in [0.1, 0.15) is 11.6 Å². The molecule has 0 spiro atoms. The van der Waals surface area contributed by atoms with Crippen molar-refractivity contribution in [2.75, 3.05) is 11.4 Å². The molecule has 0 N–H and O–H groups in total. The van der Waals surface area contributed by atoms with Gasteiger partial charge in [-0.25, -0.2) is 8.78 Å². The summed E-state index contributed by atoms with van der Waals surface area (Å²) in [5, 5.41) is 5.85. The number of carbonyl (C=O) groups excluding carboxylic acids is 1. The summed E-state index contributed by atoms with van der Waals surface area (Å²) >= 11 is 1.48. The zero-order chi connectivity index (χ0) is 16.7. The van der Waals surface area contributed by atoms with Gasteiger partial charge in [0.15, 0.2) is 5.82 Å². The van der Waals surface area contributed by atoms with Crippen LogP contribution >= 0.6 is 11.3 Å². The van der Waals surface area contributed by atoms with E-state index in [0.717, 1.165) is 23.1 Å². The Balaban J connectivity index is 1.58. The molecule has 4 rings (SSSR count). The monoisotopic (exact) mass is 347 g/mol. The maximum Gasteiger partial charge on any atom is 0.267 e. The number of benzene rings is 1. The minimum absolute atomic E-state index is 0.168. The quantitative estimate of drug-likeness (QED) is 0.726. The Kier molecular flexibility index (Phi) is 3.61. The van der Waals surface area contributed by atoms with E-state index in [9.17, 15) is 13.6 Å². The molecule has 3 heterocycles. The number of aromatic nitrogens is 2. The number of rotatable bonds is 3. The average Bonchev–Trinajstić information content (AvgIpc) is 3.26. The molecule has 1 aliphatic rings. The molecule has 122 valence electrons. The summed E-state index contributed by atoms with van der Waals surface area (Å²) in [6.07, 6.45) is 0.168. The molecule has 0 radical (unpaired) electrons. The lowest BCUT2D eigenvalue weighted by atomic mass is 10.1. The molecule has 1 atom stereocenters. The number of hydrogen-bond donors (Lipinski definition) is 0. The molecular formula is C16H11F2N3O2S. The van der Waals surface area contributed by atoms with Gasteiger partial charge in [-0.15, -0.1) is 11.3 Å². The Hall–Kier alpha value is -2.61. The lowest BCUT2D eigenvalue weighted by Gasteiger charge is -2.16. The molecule has 1 amide bonds. The molecule has 1 aliphatic heterocycles. The number of halogens is 2. The Morgan fingerprint density at radius 1 is 1.25 bits per heavy atom. The van der Waals surface area contributed by atoms with E-state index in [2.05, 4.69) is 10.1 Å². The van der Waals surface area contributed by atoms with Crippen LogP contribution in [0.25, 0.3) is 10.8 Å². The number of hydrogen-bond acceptors (Lipinski definition) is 5. The molecule has 0 bridgehead atoms. The summed E-state index contributed by atoms with van der Waals surface area (Å²) < 4.78 is 32.0. The smallest absolute Gasteiger partial charge is 0.267 e. The predicted molar refractivity (Wildman–Crippen MR) is 83.7 cm³/mol. The third kappa shape index (κ3) is 2.69. The molecule has 1 saturated heterocycles. The fraction of sp³-hybridized carbons (Fsp3) is 0.188. The van der Waals surface area contributed by atoms with Gasteiger partial charge in [0.2, 0.25) is 5.91 Å². The van der Waals surface area contributed by atoms with Crippen LogP contribution in [0, 0.1) is 11.6 Å². The molecular weight excluding hydrogens is 336 g/mol. The van der Waals surface area contributed by atoms with Crippen molar-refractivity contribution in [1.82, 2.24) is 10.1 Å². The predicted octanol–water partition coefficient (Wildman–Crippen LogP) is 3.60. The van der Waals surface area contributed by atoms with E-state index >= 15 is 0 Å². The van der Waals surface area contributed by atoms with E-state index in [4.69, 9.17) is 4.52 Å². The van der Waals surface area contributed by atoms with Crippen LogP contribution in [0.1, 0.15) is 18.2 Å². The minimum Gasteiger partial charge on any atom is -0.333 e. The first kappa shape index (κ1) is 14.9. The molecule has 1 fully saturated rings. The zero-order valence-electron chi connectivity index (χ0n) is 12.3. The fourth-order valence-corrected chi connectivity index (χ4v) is 3.37. The zero-order valence-corrected chi connectivity index (χ0v) is 13.1. The third-order valence-corrected chi connectivity index (χ3v) is 4.68. The summed E-state index contributed by atoms with van der Waals surface area (Å²) in [5.41, 5.74) is 0.196. The molecule has 24 heavy (non-hydrogen) atoms. The van der Waals surface area contributed by atoms with Crippen molar-refractivity contribution in [2.24, 2.45) is 0 Å². The van der Waals surface area contributed by atoms with E-state index in [1.165, 1.54) is 16.2 Å². The van der Waals surface area contributed by atoms with Crippen molar-refractivity contribution in [3.63, 3.8) is 0 Å². The summed E-state index contributed by atoms with van der Waals surface area (Å²) in [4.78, 5) is 18.7. The number of amides is 1. The fourth-order valence-electron chi connectivity index (χ4n) is 2.73. The number of anilines is 1. The SMILES string of the molecule is O=C1CC(c2noc(-c3cccs3)n2)CN1c1cc(F)cc(F)c1. The maximum atomic E-state index is 13.4. The average molecular weight is 347 g/mol. The van der Waals surface area contributed by atoms with Crippen LogP contribution in [0.3, 0.4) is 0 Å². The Bertz CT molecular complexity index is 874. The van der Waals surface area contributed by atoms with Crippen LogP contribution in [0.2, 0.25) is 0 Å². The van der Waals surface area contributed by atoms with Crippen molar-refractivity contribution >= 4 is 22.9 Å². The highest BCUT2D eigenvalue weighted by Gasteiger charge is 2.35. The summed E-state index contributed by atoms with van der Waals surface area (Å²) in [7, 11) is 0. The molecule has 3 aromatic rings. The second-order valence-electron chi connectivity index (χ2n) is 5.47. The van der Waals surface area contributed by atoms with Crippen molar-refractivity contribution in [2.45, 2.75) is 12.3 Å². The number of nitrogens with zero attached hydrogens (tertiary/aromatic N) is 3. The number of carbonyl (C=O) groups is 1. The normalized spacial score (nSPS) is 17.7. The van der Waals surface area contributed by atoms with Crippen LogP contribution in [-0.2, 0) is 4.79 Å². The van der Waals surface area contributed by atoms with Crippen LogP contribution in [-0.4, -0.2) is 22.6 Å². The largest absolute Gasteiger partial charge is 0.333 e. The Morgan fingerprint density at radius 2 is 2.04 bits per heavy atom. The standard InChI is InChI=1S/C16H11F2N3O2S/c17-10-5-11(18)7-12(6-10)21-8-9(4-14(21)22)15-19-16(23-20-15)13-2-1-3-24-13/h1-3,5-7,9H,4,8H2. The first-order valence-electron chi connectivity index (χ1n) is 7.24. The van der Waals surface area contributed by atoms with Gasteiger partial charge in [-0.05, 0) is 23.6 Å². The van der Waals surface area contributed by atoms with Crippen LogP contribution in [0.15, 0.2) is 40.2 Å². The van der Waals surface area contributed by atoms with E-state index in [0.29, 0.717) is 11.7 Å². The van der Waals surface area contributed by atoms with Gasteiger partial charge in [0, 0.05) is 30.6 Å². The molecule has 1 unspecified atom stereocenters. The van der Waals surface area contributed by atoms with Gasteiger partial charge in [0.25, 0.3) is 5.89 Å². The topological polar surface area (TPSA) is 59.2 Å². The van der Waals surface area contributed by atoms with Crippen molar-refractivity contribution in [3.8, 4) is 10.8 Å². The van der Waals surface area contributed by atoms with Crippen molar-refractivity contribution in [1.29, 1.82) is 0 Å². The molecule has 1 aromatic carbocycles. The van der Waals surface area contributed by atoms with E-state index in [-0.39, 0.29) is 30.5 Å². The third-order valence-electron chi connectivity index (χ3n) is 3.82. The van der Waals surface area contributed by atoms with Crippen LogP contribution < -0.4 is 4.90 Å². The van der Waals surface area contributed by atoms with Gasteiger partial charge in [0.05, 0.1) is 4.88 Å². The summed E-state index contributed by atoms with van der Waals surface area (Å²) in [5.74, 6) is -1.12. The molecule has 0 aliphatic carbocycles. The molecule has 5 nitrogen and oxygen atoms in total. The van der Waals surface area contributed by atoms with Gasteiger partial charge >= 0.3 is 0 Å². The van der Waals surface area contributed by atoms with Crippen molar-refractivity contribution < 1.29 is 18.1 Å². The van der Waals surface area contributed by atoms with Crippen molar-refractivity contribution in [3.05, 3.63) is 53.2 Å². The van der Waals surface area contributed by atoms with Crippen LogP contribution in [0.4, 0.5) is 14.5 Å². The van der Waals surface area contributed by atoms with Gasteiger partial charge in [-0.3, -0.25) is 4.79 Å². The Labute approximate surface area is 139 Å². The van der Waals surface area contributed by atoms with Gasteiger partial charge in [-0.1, -0.05) is 11.2 Å². The van der Waals surface area contributed by atoms with Crippen LogP contribution in [0.5, 0.6) is 0 Å². The summed E-state index contributed by atoms with van der Waals surface area (Å²) in [6, 6.07) is 6.79. The first-order chi connectivity index (χ1) is 11.6. The molecule has 8 heteroatoms. The second-order valence-corrected chi connectivity index (χ2v) is 6.42. The van der Waals surface area contributed by atoms with E-state index in [1.54, 1.807) is 0 Å². The number of thiophene rings is 1. The second kappa shape index (κ2) is 5.79. The highest BCUT2D eigenvalue weighted by molar-refractivity contribution is 7.13. The van der Waals surface area contributed by atoms with E-state index < -0.39 is 11.6 Å². The summed E-state index contributed by atoms with van der Waals surface area (Å²) in [6.45, 7) is 0.255. The van der Waals surface area contributed by atoms with E-state index in [1.807, 2.05) is 17.5 Å². The first-order valence-corrected chi connectivity index (χ1v) is 8.12. The maximum absolute atomic E-state index is 13.4. The Morgan fingerprint density at radius 3 is 2.75 bits per heavy atom. The lowest BCUT2D eigenvalue weighted by molar-refractivity contribution is -0.117.